The molecule has 0 aromatic heterocycles. The van der Waals surface area contributed by atoms with Crippen molar-refractivity contribution in [1.82, 2.24) is 0 Å². The van der Waals surface area contributed by atoms with Crippen LogP contribution in [0.5, 0.6) is 0 Å². The summed E-state index contributed by atoms with van der Waals surface area (Å²) in [6, 6.07) is 0.750. The van der Waals surface area contributed by atoms with Crippen LogP contribution < -0.4 is 0 Å². The molecule has 1 aromatic rings. The monoisotopic (exact) mass is 396 g/mol. The third-order valence-electron chi connectivity index (χ3n) is 5.00. The minimum absolute atomic E-state index is 0.156. The highest BCUT2D eigenvalue weighted by Gasteiger charge is 2.62. The first-order chi connectivity index (χ1) is 11.8. The molecule has 26 heavy (non-hydrogen) atoms. The van der Waals surface area contributed by atoms with E-state index in [1.807, 2.05) is 0 Å². The van der Waals surface area contributed by atoms with Gasteiger partial charge in [0.05, 0.1) is 5.92 Å². The summed E-state index contributed by atoms with van der Waals surface area (Å²) in [7, 11) is 0. The van der Waals surface area contributed by atoms with E-state index >= 15 is 0 Å². The highest BCUT2D eigenvalue weighted by Crippen LogP contribution is 2.60. The van der Waals surface area contributed by atoms with E-state index in [0.29, 0.717) is 0 Å². The van der Waals surface area contributed by atoms with Crippen molar-refractivity contribution in [2.24, 2.45) is 17.3 Å². The number of hydrogen-bond donors (Lipinski definition) is 0. The fourth-order valence-electron chi connectivity index (χ4n) is 3.04. The van der Waals surface area contributed by atoms with Crippen LogP contribution in [0.25, 0.3) is 0 Å². The molecule has 2 rings (SSSR count). The summed E-state index contributed by atoms with van der Waals surface area (Å²) in [5, 5.41) is -1.29. The van der Waals surface area contributed by atoms with E-state index in [4.69, 9.17) is 16.3 Å². The molecule has 8 heteroatoms. The van der Waals surface area contributed by atoms with E-state index < -0.39 is 46.1 Å². The number of carbonyl (C=O) groups is 1. The standard InChI is InChI=1S/C18H18ClF5O2/c1-8-10(9(2)13(21)6-12(8)20)7-26-16(25)15-11(17(15,3)4)5-14(19)18(22,23)24/h5-6,11,15H,7H2,1-4H3/b14-5-/t11-,15-/m0/s1. The van der Waals surface area contributed by atoms with Crippen molar-refractivity contribution >= 4 is 17.6 Å². The Hall–Kier alpha value is -1.63. The van der Waals surface area contributed by atoms with Crippen molar-refractivity contribution in [3.63, 3.8) is 0 Å². The van der Waals surface area contributed by atoms with Crippen LogP contribution in [0.15, 0.2) is 17.2 Å². The lowest BCUT2D eigenvalue weighted by atomic mass is 10.0. The number of rotatable bonds is 4. The Morgan fingerprint density at radius 3 is 2.19 bits per heavy atom. The lowest BCUT2D eigenvalue weighted by molar-refractivity contribution is -0.147. The first kappa shape index (κ1) is 20.7. The van der Waals surface area contributed by atoms with E-state index in [1.54, 1.807) is 13.8 Å². The number of allylic oxidation sites excluding steroid dienone is 2. The molecule has 0 N–H and O–H groups in total. The summed E-state index contributed by atoms with van der Waals surface area (Å²) in [4.78, 5) is 12.3. The average molecular weight is 397 g/mol. The van der Waals surface area contributed by atoms with Crippen molar-refractivity contribution < 1.29 is 31.5 Å². The molecule has 1 fully saturated rings. The highest BCUT2D eigenvalue weighted by molar-refractivity contribution is 6.30. The van der Waals surface area contributed by atoms with Gasteiger partial charge in [-0.15, -0.1) is 0 Å². The number of esters is 1. The molecule has 0 saturated heterocycles. The van der Waals surface area contributed by atoms with Gasteiger partial charge >= 0.3 is 12.1 Å². The number of ether oxygens (including phenoxy) is 1. The van der Waals surface area contributed by atoms with E-state index in [-0.39, 0.29) is 23.3 Å². The predicted molar refractivity (Wildman–Crippen MR) is 86.4 cm³/mol. The Kier molecular flexibility index (Phi) is 5.43. The summed E-state index contributed by atoms with van der Waals surface area (Å²) in [6.07, 6.45) is -3.87. The molecule has 2 atom stereocenters. The molecule has 1 aliphatic rings. The maximum atomic E-state index is 13.6. The molecular formula is C18H18ClF5O2. The lowest BCUT2D eigenvalue weighted by Crippen LogP contribution is -2.13. The van der Waals surface area contributed by atoms with E-state index in [9.17, 15) is 26.7 Å². The summed E-state index contributed by atoms with van der Waals surface area (Å²) in [6.45, 7) is 5.75. The van der Waals surface area contributed by atoms with Crippen molar-refractivity contribution in [3.8, 4) is 0 Å². The molecule has 0 spiro atoms. The topological polar surface area (TPSA) is 26.3 Å². The van der Waals surface area contributed by atoms with Gasteiger partial charge in [-0.2, -0.15) is 13.2 Å². The van der Waals surface area contributed by atoms with Crippen molar-refractivity contribution in [3.05, 3.63) is 45.5 Å². The Morgan fingerprint density at radius 2 is 1.73 bits per heavy atom. The fraction of sp³-hybridized carbons (Fsp3) is 0.500. The molecule has 0 unspecified atom stereocenters. The highest BCUT2D eigenvalue weighted by atomic mass is 35.5. The van der Waals surface area contributed by atoms with E-state index in [2.05, 4.69) is 0 Å². The average Bonchev–Trinajstić information content (AvgIpc) is 3.04. The minimum atomic E-state index is -4.68. The third-order valence-corrected chi connectivity index (χ3v) is 5.34. The largest absolute Gasteiger partial charge is 0.461 e. The lowest BCUT2D eigenvalue weighted by Gasteiger charge is -2.12. The van der Waals surface area contributed by atoms with Crippen LogP contribution in [-0.4, -0.2) is 12.1 Å². The molecule has 2 nitrogen and oxygen atoms in total. The molecule has 0 heterocycles. The SMILES string of the molecule is Cc1c(F)cc(F)c(C)c1COC(=O)[C@@H]1[C@H](/C=C(\Cl)C(F)(F)F)C1(C)C. The number of alkyl halides is 3. The predicted octanol–water partition coefficient (Wildman–Crippen LogP) is 5.58. The van der Waals surface area contributed by atoms with E-state index in [1.165, 1.54) is 13.8 Å². The number of benzene rings is 1. The Bertz CT molecular complexity index is 742. The zero-order valence-corrected chi connectivity index (χ0v) is 15.4. The first-order valence-corrected chi connectivity index (χ1v) is 8.21. The van der Waals surface area contributed by atoms with Crippen molar-refractivity contribution in [2.75, 3.05) is 0 Å². The molecule has 0 radical (unpaired) electrons. The second-order valence-corrected chi connectivity index (χ2v) is 7.42. The van der Waals surface area contributed by atoms with Crippen molar-refractivity contribution in [2.45, 2.75) is 40.5 Å². The van der Waals surface area contributed by atoms with Gasteiger partial charge in [0.1, 0.15) is 23.3 Å². The van der Waals surface area contributed by atoms with Gasteiger partial charge in [0.2, 0.25) is 0 Å². The van der Waals surface area contributed by atoms with Crippen LogP contribution in [0.1, 0.15) is 30.5 Å². The van der Waals surface area contributed by atoms with Gasteiger partial charge in [-0.25, -0.2) is 8.78 Å². The Morgan fingerprint density at radius 1 is 1.23 bits per heavy atom. The maximum Gasteiger partial charge on any atom is 0.426 e. The molecule has 1 aromatic carbocycles. The second-order valence-electron chi connectivity index (χ2n) is 7.01. The molecule has 0 aliphatic heterocycles. The van der Waals surface area contributed by atoms with Gasteiger partial charge in [-0.1, -0.05) is 31.5 Å². The fourth-order valence-corrected chi connectivity index (χ4v) is 3.17. The Labute approximate surface area is 153 Å². The van der Waals surface area contributed by atoms with E-state index in [0.717, 1.165) is 12.1 Å². The summed E-state index contributed by atoms with van der Waals surface area (Å²) in [5.41, 5.74) is -0.235. The van der Waals surface area contributed by atoms with Gasteiger partial charge in [0.15, 0.2) is 0 Å². The van der Waals surface area contributed by atoms with Crippen LogP contribution in [0, 0.1) is 42.7 Å². The third kappa shape index (κ3) is 3.87. The summed E-state index contributed by atoms with van der Waals surface area (Å²) in [5.74, 6) is -3.79. The summed E-state index contributed by atoms with van der Waals surface area (Å²) >= 11 is 5.24. The van der Waals surface area contributed by atoms with Gasteiger partial charge in [-0.05, 0) is 36.3 Å². The normalized spacial score (nSPS) is 22.3. The molecule has 1 saturated carbocycles. The number of carbonyl (C=O) groups excluding carboxylic acids is 1. The van der Waals surface area contributed by atoms with Crippen molar-refractivity contribution in [1.29, 1.82) is 0 Å². The van der Waals surface area contributed by atoms with Crippen LogP contribution in [0.2, 0.25) is 0 Å². The smallest absolute Gasteiger partial charge is 0.426 e. The van der Waals surface area contributed by atoms with Gasteiger partial charge in [0, 0.05) is 11.6 Å². The molecule has 144 valence electrons. The molecule has 0 bridgehead atoms. The van der Waals surface area contributed by atoms with Crippen LogP contribution >= 0.6 is 11.6 Å². The van der Waals surface area contributed by atoms with Crippen LogP contribution in [-0.2, 0) is 16.1 Å². The van der Waals surface area contributed by atoms with Gasteiger partial charge in [-0.3, -0.25) is 4.79 Å². The van der Waals surface area contributed by atoms with Crippen LogP contribution in [0.4, 0.5) is 22.0 Å². The minimum Gasteiger partial charge on any atom is -0.461 e. The maximum absolute atomic E-state index is 13.6. The zero-order valence-electron chi connectivity index (χ0n) is 14.6. The second kappa shape index (κ2) is 6.83. The number of halogens is 6. The quantitative estimate of drug-likeness (QED) is 0.490. The van der Waals surface area contributed by atoms with Crippen LogP contribution in [0.3, 0.4) is 0 Å². The number of hydrogen-bond acceptors (Lipinski definition) is 2. The first-order valence-electron chi connectivity index (χ1n) is 7.83. The molecule has 0 amide bonds. The Balaban J connectivity index is 2.13. The van der Waals surface area contributed by atoms with Gasteiger partial charge in [0.25, 0.3) is 0 Å². The zero-order chi connectivity index (χ0) is 20.0. The molecule has 1 aliphatic carbocycles. The summed E-state index contributed by atoms with van der Waals surface area (Å²) < 4.78 is 70.1. The molecular weight excluding hydrogens is 379 g/mol. The van der Waals surface area contributed by atoms with Gasteiger partial charge < -0.3 is 4.74 Å².